The van der Waals surface area contributed by atoms with Crippen LogP contribution < -0.4 is 58.5 Å². The summed E-state index contributed by atoms with van der Waals surface area (Å²) in [6.07, 6.45) is 11.7. The zero-order chi connectivity index (χ0) is 62.7. The molecule has 0 bridgehead atoms. The molecular weight excluding hydrogens is 1140 g/mol. The first kappa shape index (κ1) is 62.3. The van der Waals surface area contributed by atoms with Gasteiger partial charge in [-0.25, -0.2) is 22.6 Å². The van der Waals surface area contributed by atoms with E-state index in [1.807, 2.05) is 145 Å². The van der Waals surface area contributed by atoms with Gasteiger partial charge < -0.3 is 78.3 Å². The molecule has 0 unspecified atom stereocenters. The molecule has 15 rings (SSSR count). The van der Waals surface area contributed by atoms with E-state index in [1.54, 1.807) is 11.4 Å². The van der Waals surface area contributed by atoms with E-state index in [1.165, 1.54) is 0 Å². The van der Waals surface area contributed by atoms with Gasteiger partial charge in [0.1, 0.15) is 28.4 Å². The van der Waals surface area contributed by atoms with E-state index in [0.717, 1.165) is 230 Å². The van der Waals surface area contributed by atoms with Gasteiger partial charge in [0.25, 0.3) is 0 Å². The number of nitrogens with two attached hydrogens (primary N) is 5. The van der Waals surface area contributed by atoms with Crippen LogP contribution in [0.2, 0.25) is 0 Å². The summed E-state index contributed by atoms with van der Waals surface area (Å²) in [4.78, 5) is 31.5. The number of piperazine rings is 3. The number of carbonyl (C=O) groups excluding carboxylic acids is 1. The highest BCUT2D eigenvalue weighted by atomic mass is 16.3. The van der Waals surface area contributed by atoms with Crippen LogP contribution in [0.5, 0.6) is 0 Å². The van der Waals surface area contributed by atoms with Gasteiger partial charge >= 0.3 is 0 Å². The van der Waals surface area contributed by atoms with Crippen LogP contribution in [0.3, 0.4) is 0 Å². The number of anilines is 10. The second-order valence-corrected chi connectivity index (χ2v) is 23.4. The second-order valence-electron chi connectivity index (χ2n) is 23.4. The molecule has 478 valence electrons. The molecule has 0 radical (unpaired) electrons. The number of aliphatic hydroxyl groups is 1. The molecule has 1 amide bonds. The van der Waals surface area contributed by atoms with Crippen molar-refractivity contribution >= 4 is 91.0 Å². The number of amides is 1. The fourth-order valence-electron chi connectivity index (χ4n) is 12.1. The molecule has 5 saturated heterocycles. The number of aliphatic hydroxyl groups excluding tert-OH is 1. The number of carbonyl (C=O) groups is 1. The van der Waals surface area contributed by atoms with Gasteiger partial charge in [0, 0.05) is 169 Å². The lowest BCUT2D eigenvalue weighted by molar-refractivity contribution is -0.128. The van der Waals surface area contributed by atoms with E-state index in [9.17, 15) is 4.79 Å². The number of nitrogens with zero attached hydrogens (tertiary/aromatic N) is 19. The highest BCUT2D eigenvalue weighted by Gasteiger charge is 2.26. The lowest BCUT2D eigenvalue weighted by Gasteiger charge is -2.34. The number of rotatable bonds is 7. The number of likely N-dealkylation sites (N-methyl/N-ethyl adjacent to an activating group) is 2. The molecule has 90 heavy (non-hydrogen) atoms. The number of aromatic nitrogens is 10. The van der Waals surface area contributed by atoms with Crippen molar-refractivity contribution in [2.45, 2.75) is 19.8 Å². The molecule has 5 fully saturated rings. The molecule has 12 N–H and O–H groups in total. The molecule has 10 aromatic rings. The van der Waals surface area contributed by atoms with Crippen LogP contribution in [0.4, 0.5) is 57.5 Å². The third-order valence-electron chi connectivity index (χ3n) is 17.4. The van der Waals surface area contributed by atoms with Gasteiger partial charge in [-0.15, -0.1) is 25.5 Å². The Balaban J connectivity index is 0.000000116. The first-order valence-corrected chi connectivity index (χ1v) is 31.4. The highest BCUT2D eigenvalue weighted by Crippen LogP contribution is 2.32. The van der Waals surface area contributed by atoms with Gasteiger partial charge in [0.15, 0.2) is 29.1 Å². The zero-order valence-electron chi connectivity index (χ0n) is 52.3. The van der Waals surface area contributed by atoms with Crippen LogP contribution >= 0.6 is 0 Å². The molecule has 15 heterocycles. The Bertz CT molecular complexity index is 3940. The van der Waals surface area contributed by atoms with Gasteiger partial charge in [-0.05, 0) is 94.1 Å². The average molecular weight is 1230 g/mol. The summed E-state index contributed by atoms with van der Waals surface area (Å²) in [5.41, 5.74) is 39.6. The van der Waals surface area contributed by atoms with Crippen LogP contribution in [-0.4, -0.2) is 237 Å². The summed E-state index contributed by atoms with van der Waals surface area (Å²) >= 11 is 0. The summed E-state index contributed by atoms with van der Waals surface area (Å²) < 4.78 is 9.18. The van der Waals surface area contributed by atoms with Crippen molar-refractivity contribution in [3.05, 3.63) is 122 Å². The van der Waals surface area contributed by atoms with Gasteiger partial charge in [-0.2, -0.15) is 0 Å². The molecule has 0 aliphatic carbocycles. The van der Waals surface area contributed by atoms with E-state index < -0.39 is 0 Å². The Morgan fingerprint density at radius 2 is 0.700 bits per heavy atom. The molecule has 10 aromatic heterocycles. The lowest BCUT2D eigenvalue weighted by atomic mass is 10.3. The van der Waals surface area contributed by atoms with Crippen molar-refractivity contribution in [1.82, 2.24) is 73.0 Å². The standard InChI is InChI=1S/C14H19N5O.C13H19N5O.C13H19N5.C12H17N5.C11H15N5/c1-11(20)17-6-4-7-18(10-9-17)14-13(15)12-5-2-3-8-19(12)16-14;14-12-11-3-1-2-4-18(11)15-13(12)17-7-5-16(6-8-17)9-10-19;1-16-6-4-7-17(10-9-16)13-12(14)11-5-2-3-8-18(11)15-13;1-15-6-8-16(9-7-15)12-11(13)10-4-2-3-5-17(10)14-12;12-10-9-3-1-2-6-16(9)14-11(10)15-7-4-13-5-8-15/h2-3,5,8H,4,6-7,9-10,15H2,1H3;1-4,19H,5-10,14H2;2-3,5,8H,4,6-7,9-10,14H2,1H3;2-5H,6-9,13H2,1H3;1-3,6,13H,4-5,7-8,12H2. The van der Waals surface area contributed by atoms with E-state index in [2.05, 4.69) is 84.1 Å². The predicted octanol–water partition coefficient (Wildman–Crippen LogP) is 3.06. The average Bonchev–Trinajstić information content (AvgIpc) is 2.03. The quantitative estimate of drug-likeness (QED) is 0.121. The topological polar surface area (TPSA) is 295 Å². The fraction of sp³-hybridized carbons (Fsp3) is 0.429. The zero-order valence-corrected chi connectivity index (χ0v) is 52.3. The van der Waals surface area contributed by atoms with Gasteiger partial charge in [-0.3, -0.25) is 9.69 Å². The van der Waals surface area contributed by atoms with E-state index in [4.69, 9.17) is 33.8 Å². The summed E-state index contributed by atoms with van der Waals surface area (Å²) in [7, 11) is 4.31. The van der Waals surface area contributed by atoms with E-state index in [-0.39, 0.29) is 12.5 Å². The number of fused-ring (bicyclic) bond motifs is 5. The number of pyridine rings is 5. The third-order valence-corrected chi connectivity index (χ3v) is 17.4. The van der Waals surface area contributed by atoms with Crippen molar-refractivity contribution in [1.29, 1.82) is 0 Å². The Morgan fingerprint density at radius 3 is 1.03 bits per heavy atom. The van der Waals surface area contributed by atoms with Crippen LogP contribution in [0.25, 0.3) is 27.6 Å². The Kier molecular flexibility index (Phi) is 20.0. The normalized spacial score (nSPS) is 17.3. The van der Waals surface area contributed by atoms with Crippen molar-refractivity contribution in [2.24, 2.45) is 0 Å². The Labute approximate surface area is 524 Å². The van der Waals surface area contributed by atoms with E-state index >= 15 is 0 Å². The maximum atomic E-state index is 11.5. The minimum Gasteiger partial charge on any atom is -0.395 e. The fourth-order valence-corrected chi connectivity index (χ4v) is 12.1. The summed E-state index contributed by atoms with van der Waals surface area (Å²) in [6.45, 7) is 21.7. The number of β-amino-alcohol motifs (C(OH)–C–C–N with tert-alkyl or cyclic N) is 1. The molecule has 5 aliphatic heterocycles. The van der Waals surface area contributed by atoms with Crippen molar-refractivity contribution < 1.29 is 9.90 Å². The highest BCUT2D eigenvalue weighted by molar-refractivity contribution is 5.85. The molecule has 5 aliphatic rings. The molecular formula is C63H89N25O2. The Morgan fingerprint density at radius 1 is 0.400 bits per heavy atom. The first-order valence-electron chi connectivity index (χ1n) is 31.4. The second kappa shape index (κ2) is 28.9. The van der Waals surface area contributed by atoms with Gasteiger partial charge in [0.2, 0.25) is 5.91 Å². The van der Waals surface area contributed by atoms with Crippen LogP contribution in [-0.2, 0) is 4.79 Å². The molecule has 0 spiro atoms. The smallest absolute Gasteiger partial charge is 0.219 e. The van der Waals surface area contributed by atoms with Crippen LogP contribution in [0, 0.1) is 0 Å². The number of nitrogens with one attached hydrogen (secondary N) is 1. The maximum Gasteiger partial charge on any atom is 0.219 e. The molecule has 0 saturated carbocycles. The summed E-state index contributed by atoms with van der Waals surface area (Å²) in [6, 6.07) is 29.6. The minimum absolute atomic E-state index is 0.134. The van der Waals surface area contributed by atoms with Crippen LogP contribution in [0.15, 0.2) is 122 Å². The SMILES string of the molecule is CC(=O)N1CCCN(c2nn3ccccc3c2N)CC1.CN1CCCN(c2nn3ccccc3c2N)CC1.CN1CCN(c2nn3ccccc3c2N)CC1.Nc1c(N2CCN(CCO)CC2)nn2ccccc12.Nc1c(N2CCNCC2)nn2ccccc12. The largest absolute Gasteiger partial charge is 0.395 e. The van der Waals surface area contributed by atoms with Gasteiger partial charge in [-0.1, -0.05) is 30.3 Å². The van der Waals surface area contributed by atoms with Gasteiger partial charge in [0.05, 0.1) is 34.2 Å². The predicted molar refractivity (Wildman–Crippen MR) is 362 cm³/mol. The summed E-state index contributed by atoms with van der Waals surface area (Å²) in [5, 5.41) is 35.1. The van der Waals surface area contributed by atoms with E-state index in [0.29, 0.717) is 5.69 Å². The maximum absolute atomic E-state index is 11.5. The first-order chi connectivity index (χ1) is 43.8. The monoisotopic (exact) mass is 1230 g/mol. The molecule has 27 nitrogen and oxygen atoms in total. The van der Waals surface area contributed by atoms with Crippen molar-refractivity contribution in [2.75, 3.05) is 211 Å². The Hall–Kier alpha value is -9.28. The molecule has 0 aromatic carbocycles. The number of hydrogen-bond donors (Lipinski definition) is 7. The third kappa shape index (κ3) is 14.2. The molecule has 27 heteroatoms. The molecule has 0 atom stereocenters. The number of nitrogen functional groups attached to an aromatic ring is 5. The number of hydrogen-bond acceptors (Lipinski definition) is 21. The van der Waals surface area contributed by atoms with Crippen molar-refractivity contribution in [3.8, 4) is 0 Å². The minimum atomic E-state index is 0.134. The van der Waals surface area contributed by atoms with Crippen LogP contribution in [0.1, 0.15) is 19.8 Å². The summed E-state index contributed by atoms with van der Waals surface area (Å²) in [5.74, 6) is 4.58. The lowest BCUT2D eigenvalue weighted by Crippen LogP contribution is -2.47. The van der Waals surface area contributed by atoms with Crippen molar-refractivity contribution in [3.63, 3.8) is 0 Å².